The van der Waals surface area contributed by atoms with Gasteiger partial charge in [-0.05, 0) is 24.3 Å². The summed E-state index contributed by atoms with van der Waals surface area (Å²) in [7, 11) is 0. The Labute approximate surface area is 80.5 Å². The van der Waals surface area contributed by atoms with Gasteiger partial charge in [0.25, 0.3) is 0 Å². The van der Waals surface area contributed by atoms with Crippen LogP contribution in [0.25, 0.3) is 0 Å². The highest BCUT2D eigenvalue weighted by atomic mass is 79.9. The minimum Gasteiger partial charge on any atom is -0.380 e. The Morgan fingerprint density at radius 1 is 1.25 bits per heavy atom. The molecule has 1 aromatic rings. The summed E-state index contributed by atoms with van der Waals surface area (Å²) in [4.78, 5) is 0. The van der Waals surface area contributed by atoms with E-state index in [1.54, 1.807) is 0 Å². The second-order valence-corrected chi connectivity index (χ2v) is 3.92. The first-order chi connectivity index (χ1) is 5.84. The molecular weight excluding hydrogens is 216 g/mol. The molecule has 3 heteroatoms. The lowest BCUT2D eigenvalue weighted by Crippen LogP contribution is -2.51. The molecule has 12 heavy (non-hydrogen) atoms. The van der Waals surface area contributed by atoms with Gasteiger partial charge < -0.3 is 10.6 Å². The molecule has 0 bridgehead atoms. The van der Waals surface area contributed by atoms with Crippen molar-refractivity contribution in [3.05, 3.63) is 28.7 Å². The van der Waals surface area contributed by atoms with Crippen LogP contribution >= 0.6 is 15.9 Å². The maximum atomic E-state index is 3.42. The zero-order chi connectivity index (χ0) is 8.39. The van der Waals surface area contributed by atoms with Crippen molar-refractivity contribution in [1.29, 1.82) is 0 Å². The van der Waals surface area contributed by atoms with Crippen molar-refractivity contribution in [2.45, 2.75) is 6.04 Å². The molecule has 1 fully saturated rings. The molecule has 0 aromatic heterocycles. The molecule has 0 spiro atoms. The molecule has 2 rings (SSSR count). The third-order valence-electron chi connectivity index (χ3n) is 2.00. The SMILES string of the molecule is Brc1ccc(NC2CNC2)cc1. The maximum Gasteiger partial charge on any atom is 0.0510 e. The fourth-order valence-electron chi connectivity index (χ4n) is 1.17. The van der Waals surface area contributed by atoms with Crippen LogP contribution in [-0.2, 0) is 0 Å². The first-order valence-corrected chi connectivity index (χ1v) is 4.87. The zero-order valence-electron chi connectivity index (χ0n) is 6.68. The average Bonchev–Trinajstić information content (AvgIpc) is 2.00. The standard InChI is InChI=1S/C9H11BrN2/c10-7-1-3-8(4-2-7)12-9-5-11-6-9/h1-4,9,11-12H,5-6H2. The molecule has 1 heterocycles. The van der Waals surface area contributed by atoms with E-state index in [0.717, 1.165) is 17.6 Å². The molecule has 2 N–H and O–H groups in total. The van der Waals surface area contributed by atoms with Crippen LogP contribution in [0.1, 0.15) is 0 Å². The number of rotatable bonds is 2. The van der Waals surface area contributed by atoms with Gasteiger partial charge in [0.1, 0.15) is 0 Å². The molecule has 64 valence electrons. The fraction of sp³-hybridized carbons (Fsp3) is 0.333. The van der Waals surface area contributed by atoms with Crippen LogP contribution in [0.4, 0.5) is 5.69 Å². The predicted molar refractivity (Wildman–Crippen MR) is 54.4 cm³/mol. The molecule has 0 saturated carbocycles. The molecule has 1 aromatic carbocycles. The Bertz CT molecular complexity index is 254. The number of hydrogen-bond acceptors (Lipinski definition) is 2. The van der Waals surface area contributed by atoms with Crippen LogP contribution < -0.4 is 10.6 Å². The van der Waals surface area contributed by atoms with E-state index in [4.69, 9.17) is 0 Å². The topological polar surface area (TPSA) is 24.1 Å². The van der Waals surface area contributed by atoms with Gasteiger partial charge in [-0.25, -0.2) is 0 Å². The minimum atomic E-state index is 0.617. The zero-order valence-corrected chi connectivity index (χ0v) is 8.26. The Hall–Kier alpha value is -0.540. The summed E-state index contributed by atoms with van der Waals surface area (Å²) in [6, 6.07) is 8.89. The maximum absolute atomic E-state index is 3.42. The molecule has 0 amide bonds. The normalized spacial score (nSPS) is 17.1. The summed E-state index contributed by atoms with van der Waals surface area (Å²) in [5, 5.41) is 6.64. The number of anilines is 1. The minimum absolute atomic E-state index is 0.617. The Morgan fingerprint density at radius 2 is 1.92 bits per heavy atom. The molecule has 2 nitrogen and oxygen atoms in total. The van der Waals surface area contributed by atoms with E-state index in [1.807, 2.05) is 0 Å². The van der Waals surface area contributed by atoms with Crippen LogP contribution in [0.15, 0.2) is 28.7 Å². The summed E-state index contributed by atoms with van der Waals surface area (Å²) in [5.74, 6) is 0. The van der Waals surface area contributed by atoms with Crippen molar-refractivity contribution in [2.75, 3.05) is 18.4 Å². The van der Waals surface area contributed by atoms with Gasteiger partial charge in [0.2, 0.25) is 0 Å². The number of hydrogen-bond donors (Lipinski definition) is 2. The lowest BCUT2D eigenvalue weighted by molar-refractivity contribution is 0.472. The molecule has 0 atom stereocenters. The van der Waals surface area contributed by atoms with E-state index in [1.165, 1.54) is 5.69 Å². The van der Waals surface area contributed by atoms with Gasteiger partial charge in [-0.3, -0.25) is 0 Å². The highest BCUT2D eigenvalue weighted by Gasteiger charge is 2.15. The lowest BCUT2D eigenvalue weighted by Gasteiger charge is -2.28. The second kappa shape index (κ2) is 3.46. The lowest BCUT2D eigenvalue weighted by atomic mass is 10.1. The van der Waals surface area contributed by atoms with Crippen molar-refractivity contribution in [3.63, 3.8) is 0 Å². The highest BCUT2D eigenvalue weighted by Crippen LogP contribution is 2.15. The molecular formula is C9H11BrN2. The Balaban J connectivity index is 1.98. The van der Waals surface area contributed by atoms with Gasteiger partial charge >= 0.3 is 0 Å². The monoisotopic (exact) mass is 226 g/mol. The molecule has 1 aliphatic heterocycles. The molecule has 0 unspecified atom stereocenters. The summed E-state index contributed by atoms with van der Waals surface area (Å²) in [5.41, 5.74) is 1.20. The van der Waals surface area contributed by atoms with Gasteiger partial charge in [0.05, 0.1) is 6.04 Å². The van der Waals surface area contributed by atoms with Crippen LogP contribution in [0, 0.1) is 0 Å². The van der Waals surface area contributed by atoms with Crippen LogP contribution in [-0.4, -0.2) is 19.1 Å². The smallest absolute Gasteiger partial charge is 0.0510 e. The van der Waals surface area contributed by atoms with Crippen molar-refractivity contribution < 1.29 is 0 Å². The largest absolute Gasteiger partial charge is 0.380 e. The van der Waals surface area contributed by atoms with Gasteiger partial charge in [-0.15, -0.1) is 0 Å². The van der Waals surface area contributed by atoms with Crippen LogP contribution in [0.2, 0.25) is 0 Å². The Kier molecular flexibility index (Phi) is 2.33. The first kappa shape index (κ1) is 8.08. The number of benzene rings is 1. The van der Waals surface area contributed by atoms with Crippen LogP contribution in [0.3, 0.4) is 0 Å². The predicted octanol–water partition coefficient (Wildman–Crippen LogP) is 1.83. The van der Waals surface area contributed by atoms with E-state index < -0.39 is 0 Å². The highest BCUT2D eigenvalue weighted by molar-refractivity contribution is 9.10. The van der Waals surface area contributed by atoms with E-state index >= 15 is 0 Å². The van der Waals surface area contributed by atoms with E-state index in [2.05, 4.69) is 50.8 Å². The second-order valence-electron chi connectivity index (χ2n) is 3.01. The third-order valence-corrected chi connectivity index (χ3v) is 2.53. The summed E-state index contributed by atoms with van der Waals surface area (Å²) < 4.78 is 1.12. The van der Waals surface area contributed by atoms with E-state index in [0.29, 0.717) is 6.04 Å². The first-order valence-electron chi connectivity index (χ1n) is 4.07. The molecule has 0 aliphatic carbocycles. The average molecular weight is 227 g/mol. The summed E-state index contributed by atoms with van der Waals surface area (Å²) >= 11 is 3.40. The van der Waals surface area contributed by atoms with Crippen molar-refractivity contribution in [1.82, 2.24) is 5.32 Å². The van der Waals surface area contributed by atoms with Gasteiger partial charge in [-0.1, -0.05) is 15.9 Å². The van der Waals surface area contributed by atoms with Crippen molar-refractivity contribution in [3.8, 4) is 0 Å². The number of nitrogens with one attached hydrogen (secondary N) is 2. The van der Waals surface area contributed by atoms with Gasteiger partial charge in [0, 0.05) is 23.2 Å². The summed E-state index contributed by atoms with van der Waals surface area (Å²) in [6.45, 7) is 2.16. The van der Waals surface area contributed by atoms with E-state index in [9.17, 15) is 0 Å². The Morgan fingerprint density at radius 3 is 2.42 bits per heavy atom. The van der Waals surface area contributed by atoms with Crippen molar-refractivity contribution >= 4 is 21.6 Å². The molecule has 1 aliphatic rings. The van der Waals surface area contributed by atoms with Crippen molar-refractivity contribution in [2.24, 2.45) is 0 Å². The summed E-state index contributed by atoms with van der Waals surface area (Å²) in [6.07, 6.45) is 0. The molecule has 1 saturated heterocycles. The van der Waals surface area contributed by atoms with Crippen LogP contribution in [0.5, 0.6) is 0 Å². The van der Waals surface area contributed by atoms with Gasteiger partial charge in [-0.2, -0.15) is 0 Å². The van der Waals surface area contributed by atoms with Gasteiger partial charge in [0.15, 0.2) is 0 Å². The molecule has 0 radical (unpaired) electrons. The van der Waals surface area contributed by atoms with E-state index in [-0.39, 0.29) is 0 Å². The quantitative estimate of drug-likeness (QED) is 0.805. The fourth-order valence-corrected chi connectivity index (χ4v) is 1.44. The third kappa shape index (κ3) is 1.79. The number of halogens is 1.